The fourth-order valence-electron chi connectivity index (χ4n) is 3.76. The number of rotatable bonds is 2. The number of ether oxygens (including phenoxy) is 2. The van der Waals surface area contributed by atoms with Crippen molar-refractivity contribution in [1.29, 1.82) is 0 Å². The van der Waals surface area contributed by atoms with Crippen LogP contribution < -0.4 is 14.8 Å². The second kappa shape index (κ2) is 5.14. The van der Waals surface area contributed by atoms with E-state index in [1.807, 2.05) is 6.07 Å². The first-order valence-corrected chi connectivity index (χ1v) is 8.55. The maximum absolute atomic E-state index is 12.2. The van der Waals surface area contributed by atoms with Crippen LogP contribution in [0.25, 0.3) is 0 Å². The highest BCUT2D eigenvalue weighted by Crippen LogP contribution is 2.48. The molecule has 1 aromatic heterocycles. The molecular formula is C17H16ClN3O3. The molecule has 0 bridgehead atoms. The zero-order valence-corrected chi connectivity index (χ0v) is 13.7. The topological polar surface area (TPSA) is 76.2 Å². The summed E-state index contributed by atoms with van der Waals surface area (Å²) in [7, 11) is 0. The third-order valence-corrected chi connectivity index (χ3v) is 5.54. The van der Waals surface area contributed by atoms with Crippen molar-refractivity contribution in [2.45, 2.75) is 37.5 Å². The van der Waals surface area contributed by atoms with Gasteiger partial charge in [-0.05, 0) is 24.5 Å². The molecule has 1 aliphatic carbocycles. The molecule has 1 saturated carbocycles. The quantitative estimate of drug-likeness (QED) is 0.873. The van der Waals surface area contributed by atoms with Crippen LogP contribution in [-0.4, -0.2) is 22.9 Å². The van der Waals surface area contributed by atoms with Crippen molar-refractivity contribution >= 4 is 23.3 Å². The molecule has 2 aliphatic heterocycles. The van der Waals surface area contributed by atoms with Crippen molar-refractivity contribution in [3.8, 4) is 11.5 Å². The summed E-state index contributed by atoms with van der Waals surface area (Å²) >= 11 is 6.50. The van der Waals surface area contributed by atoms with Gasteiger partial charge in [0.05, 0.1) is 0 Å². The van der Waals surface area contributed by atoms with Gasteiger partial charge in [0, 0.05) is 40.6 Å². The van der Waals surface area contributed by atoms with Crippen molar-refractivity contribution in [2.75, 3.05) is 12.1 Å². The van der Waals surface area contributed by atoms with E-state index in [1.54, 1.807) is 6.07 Å². The zero-order chi connectivity index (χ0) is 16.3. The van der Waals surface area contributed by atoms with E-state index in [4.69, 9.17) is 21.1 Å². The highest BCUT2D eigenvalue weighted by Gasteiger charge is 2.37. The van der Waals surface area contributed by atoms with Crippen molar-refractivity contribution in [3.05, 3.63) is 34.0 Å². The van der Waals surface area contributed by atoms with Crippen LogP contribution in [0.4, 0.5) is 5.82 Å². The van der Waals surface area contributed by atoms with Gasteiger partial charge in [0.2, 0.25) is 12.7 Å². The standard InChI is InChI=1S/C17H16ClN3O3/c18-11-6-13-12(23-7-24-13)4-9(11)10-5-14(22)19-17-15(10)16(20-21-17)8-2-1-3-8/h4,6,8,10H,1-3,5,7H2,(H2,19,20,21,22). The predicted octanol–water partition coefficient (Wildman–Crippen LogP) is 3.53. The molecule has 24 heavy (non-hydrogen) atoms. The number of amides is 1. The minimum atomic E-state index is -0.120. The zero-order valence-electron chi connectivity index (χ0n) is 12.9. The lowest BCUT2D eigenvalue weighted by atomic mass is 9.77. The number of H-pyrrole nitrogens is 1. The summed E-state index contributed by atoms with van der Waals surface area (Å²) in [4.78, 5) is 12.2. The fraction of sp³-hybridized carbons (Fsp3) is 0.412. The van der Waals surface area contributed by atoms with Crippen molar-refractivity contribution in [1.82, 2.24) is 10.2 Å². The average Bonchev–Trinajstić information content (AvgIpc) is 3.11. The highest BCUT2D eigenvalue weighted by molar-refractivity contribution is 6.31. The van der Waals surface area contributed by atoms with Crippen LogP contribution in [0, 0.1) is 0 Å². The second-order valence-electron chi connectivity index (χ2n) is 6.56. The third-order valence-electron chi connectivity index (χ3n) is 5.21. The van der Waals surface area contributed by atoms with Crippen LogP contribution >= 0.6 is 11.6 Å². The Labute approximate surface area is 143 Å². The molecule has 0 spiro atoms. The number of hydrogen-bond acceptors (Lipinski definition) is 4. The molecular weight excluding hydrogens is 330 g/mol. The number of benzene rings is 1. The van der Waals surface area contributed by atoms with Crippen LogP contribution in [0.15, 0.2) is 12.1 Å². The molecule has 0 saturated heterocycles. The van der Waals surface area contributed by atoms with Crippen LogP contribution in [0.3, 0.4) is 0 Å². The van der Waals surface area contributed by atoms with Gasteiger partial charge < -0.3 is 14.8 Å². The molecule has 1 fully saturated rings. The van der Waals surface area contributed by atoms with Crippen molar-refractivity contribution < 1.29 is 14.3 Å². The van der Waals surface area contributed by atoms with Gasteiger partial charge in [0.15, 0.2) is 17.3 Å². The first-order valence-electron chi connectivity index (χ1n) is 8.17. The summed E-state index contributed by atoms with van der Waals surface area (Å²) in [5, 5.41) is 10.9. The Balaban J connectivity index is 1.64. The summed E-state index contributed by atoms with van der Waals surface area (Å²) in [6.07, 6.45) is 3.90. The summed E-state index contributed by atoms with van der Waals surface area (Å²) in [6.45, 7) is 0.199. The van der Waals surface area contributed by atoms with E-state index >= 15 is 0 Å². The van der Waals surface area contributed by atoms with E-state index in [9.17, 15) is 4.79 Å². The van der Waals surface area contributed by atoms with Crippen molar-refractivity contribution in [3.63, 3.8) is 0 Å². The first-order chi connectivity index (χ1) is 11.7. The largest absolute Gasteiger partial charge is 0.454 e. The molecule has 6 nitrogen and oxygen atoms in total. The number of fused-ring (bicyclic) bond motifs is 2. The lowest BCUT2D eigenvalue weighted by Gasteiger charge is -2.29. The maximum Gasteiger partial charge on any atom is 0.231 e. The van der Waals surface area contributed by atoms with Gasteiger partial charge in [-0.15, -0.1) is 0 Å². The van der Waals surface area contributed by atoms with Crippen LogP contribution in [0.5, 0.6) is 11.5 Å². The van der Waals surface area contributed by atoms with Gasteiger partial charge in [-0.25, -0.2) is 0 Å². The third kappa shape index (κ3) is 2.02. The number of anilines is 1. The summed E-state index contributed by atoms with van der Waals surface area (Å²) in [5.41, 5.74) is 3.09. The molecule has 124 valence electrons. The molecule has 2 aromatic rings. The fourth-order valence-corrected chi connectivity index (χ4v) is 4.04. The lowest BCUT2D eigenvalue weighted by Crippen LogP contribution is -2.25. The number of aromatic amines is 1. The van der Waals surface area contributed by atoms with Gasteiger partial charge in [-0.3, -0.25) is 9.89 Å². The van der Waals surface area contributed by atoms with E-state index in [0.29, 0.717) is 34.7 Å². The minimum absolute atomic E-state index is 0.0482. The summed E-state index contributed by atoms with van der Waals surface area (Å²) in [5.74, 6) is 2.28. The molecule has 1 aromatic carbocycles. The Morgan fingerprint density at radius 1 is 1.21 bits per heavy atom. The van der Waals surface area contributed by atoms with Gasteiger partial charge in [-0.1, -0.05) is 18.0 Å². The van der Waals surface area contributed by atoms with Gasteiger partial charge in [0.25, 0.3) is 0 Å². The van der Waals surface area contributed by atoms with Crippen molar-refractivity contribution in [2.24, 2.45) is 0 Å². The van der Waals surface area contributed by atoms with E-state index < -0.39 is 0 Å². The lowest BCUT2D eigenvalue weighted by molar-refractivity contribution is -0.116. The monoisotopic (exact) mass is 345 g/mol. The molecule has 0 radical (unpaired) electrons. The van der Waals surface area contributed by atoms with Crippen LogP contribution in [0.1, 0.15) is 54.3 Å². The Bertz CT molecular complexity index is 844. The Morgan fingerprint density at radius 3 is 2.75 bits per heavy atom. The summed E-state index contributed by atoms with van der Waals surface area (Å²) in [6, 6.07) is 3.67. The van der Waals surface area contributed by atoms with E-state index in [2.05, 4.69) is 15.5 Å². The Morgan fingerprint density at radius 2 is 2.00 bits per heavy atom. The predicted molar refractivity (Wildman–Crippen MR) is 87.8 cm³/mol. The Hall–Kier alpha value is -2.21. The number of nitrogens with one attached hydrogen (secondary N) is 2. The molecule has 1 unspecified atom stereocenters. The number of hydrogen-bond donors (Lipinski definition) is 2. The van der Waals surface area contributed by atoms with Gasteiger partial charge in [-0.2, -0.15) is 5.10 Å². The van der Waals surface area contributed by atoms with Gasteiger partial charge >= 0.3 is 0 Å². The first kappa shape index (κ1) is 14.2. The maximum atomic E-state index is 12.2. The normalized spacial score (nSPS) is 22.0. The molecule has 3 aliphatic rings. The van der Waals surface area contributed by atoms with Crippen LogP contribution in [-0.2, 0) is 4.79 Å². The molecule has 7 heteroatoms. The molecule has 5 rings (SSSR count). The molecule has 1 atom stereocenters. The number of nitrogens with zero attached hydrogens (tertiary/aromatic N) is 1. The van der Waals surface area contributed by atoms with Gasteiger partial charge in [0.1, 0.15) is 0 Å². The smallest absolute Gasteiger partial charge is 0.231 e. The van der Waals surface area contributed by atoms with E-state index in [-0.39, 0.29) is 18.6 Å². The highest BCUT2D eigenvalue weighted by atomic mass is 35.5. The number of carbonyl (C=O) groups excluding carboxylic acids is 1. The number of carbonyl (C=O) groups is 1. The summed E-state index contributed by atoms with van der Waals surface area (Å²) < 4.78 is 10.9. The van der Waals surface area contributed by atoms with E-state index in [1.165, 1.54) is 6.42 Å². The Kier molecular flexibility index (Phi) is 3.03. The molecule has 2 N–H and O–H groups in total. The number of aromatic nitrogens is 2. The minimum Gasteiger partial charge on any atom is -0.454 e. The van der Waals surface area contributed by atoms with Crippen LogP contribution in [0.2, 0.25) is 5.02 Å². The second-order valence-corrected chi connectivity index (χ2v) is 6.97. The average molecular weight is 346 g/mol. The van der Waals surface area contributed by atoms with E-state index in [0.717, 1.165) is 29.7 Å². The SMILES string of the molecule is O=C1CC(c2cc3c(cc2Cl)OCO3)c2c(n[nH]c2C2CCC2)N1. The molecule has 1 amide bonds. The number of halogens is 1. The molecule has 3 heterocycles.